The fraction of sp³-hybridized carbons (Fsp3) is 0.312. The van der Waals surface area contributed by atoms with Gasteiger partial charge < -0.3 is 14.6 Å². The van der Waals surface area contributed by atoms with Crippen LogP contribution in [0.4, 0.5) is 5.82 Å². The number of hydrogen-bond donors (Lipinski definition) is 2. The van der Waals surface area contributed by atoms with E-state index in [1.54, 1.807) is 6.07 Å². The summed E-state index contributed by atoms with van der Waals surface area (Å²) >= 11 is 0. The first-order chi connectivity index (χ1) is 12.2. The number of hydrogen-bond acceptors (Lipinski definition) is 6. The van der Waals surface area contributed by atoms with Crippen molar-refractivity contribution in [1.29, 1.82) is 0 Å². The SMILES string of the molecule is COc1[nH]ncc1C(=O)Nc1cccc(-c2nnc3n2C(C)CC3)n1. The Morgan fingerprint density at radius 1 is 1.40 bits per heavy atom. The summed E-state index contributed by atoms with van der Waals surface area (Å²) in [4.78, 5) is 16.9. The van der Waals surface area contributed by atoms with Gasteiger partial charge in [-0.15, -0.1) is 10.2 Å². The van der Waals surface area contributed by atoms with Gasteiger partial charge in [0.05, 0.1) is 13.3 Å². The molecule has 1 aliphatic heterocycles. The number of carbonyl (C=O) groups is 1. The molecule has 0 aromatic carbocycles. The van der Waals surface area contributed by atoms with E-state index < -0.39 is 0 Å². The molecule has 9 heteroatoms. The van der Waals surface area contributed by atoms with E-state index in [1.807, 2.05) is 12.1 Å². The molecule has 0 fully saturated rings. The average molecular weight is 339 g/mol. The fourth-order valence-electron chi connectivity index (χ4n) is 3.00. The van der Waals surface area contributed by atoms with E-state index in [0.717, 1.165) is 24.5 Å². The Kier molecular flexibility index (Phi) is 3.68. The second kappa shape index (κ2) is 6.00. The third-order valence-corrected chi connectivity index (χ3v) is 4.27. The van der Waals surface area contributed by atoms with Crippen molar-refractivity contribution in [3.05, 3.63) is 35.8 Å². The molecule has 1 atom stereocenters. The number of nitrogens with zero attached hydrogens (tertiary/aromatic N) is 5. The Morgan fingerprint density at radius 2 is 2.28 bits per heavy atom. The zero-order valence-electron chi connectivity index (χ0n) is 13.9. The van der Waals surface area contributed by atoms with Crippen LogP contribution >= 0.6 is 0 Å². The average Bonchev–Trinajstić information content (AvgIpc) is 3.32. The number of aromatic nitrogens is 6. The minimum atomic E-state index is -0.352. The number of aromatic amines is 1. The molecule has 1 amide bonds. The molecule has 1 unspecified atom stereocenters. The molecule has 0 spiro atoms. The third-order valence-electron chi connectivity index (χ3n) is 4.27. The zero-order chi connectivity index (χ0) is 17.4. The van der Waals surface area contributed by atoms with Crippen molar-refractivity contribution in [2.45, 2.75) is 25.8 Å². The Hall–Kier alpha value is -3.23. The van der Waals surface area contributed by atoms with E-state index in [9.17, 15) is 4.79 Å². The molecule has 0 saturated carbocycles. The fourth-order valence-corrected chi connectivity index (χ4v) is 3.00. The Balaban J connectivity index is 1.61. The van der Waals surface area contributed by atoms with Crippen LogP contribution in [0.5, 0.6) is 5.88 Å². The summed E-state index contributed by atoms with van der Waals surface area (Å²) in [7, 11) is 1.47. The van der Waals surface area contributed by atoms with Crippen LogP contribution in [-0.4, -0.2) is 43.0 Å². The number of amides is 1. The number of aryl methyl sites for hydroxylation is 1. The molecule has 128 valence electrons. The quantitative estimate of drug-likeness (QED) is 0.750. The normalized spacial score (nSPS) is 15.8. The van der Waals surface area contributed by atoms with Gasteiger partial charge in [0.15, 0.2) is 5.82 Å². The number of pyridine rings is 1. The Morgan fingerprint density at radius 3 is 3.12 bits per heavy atom. The summed E-state index contributed by atoms with van der Waals surface area (Å²) in [6, 6.07) is 5.75. The maximum absolute atomic E-state index is 12.4. The van der Waals surface area contributed by atoms with Crippen molar-refractivity contribution >= 4 is 11.7 Å². The predicted octanol–water partition coefficient (Wildman–Crippen LogP) is 1.83. The maximum atomic E-state index is 12.4. The van der Waals surface area contributed by atoms with E-state index in [2.05, 4.69) is 42.2 Å². The van der Waals surface area contributed by atoms with Crippen molar-refractivity contribution < 1.29 is 9.53 Å². The molecule has 25 heavy (non-hydrogen) atoms. The molecule has 2 N–H and O–H groups in total. The van der Waals surface area contributed by atoms with Crippen LogP contribution in [-0.2, 0) is 6.42 Å². The highest BCUT2D eigenvalue weighted by Crippen LogP contribution is 2.30. The van der Waals surface area contributed by atoms with Crippen LogP contribution < -0.4 is 10.1 Å². The monoisotopic (exact) mass is 339 g/mol. The highest BCUT2D eigenvalue weighted by atomic mass is 16.5. The minimum absolute atomic E-state index is 0.303. The lowest BCUT2D eigenvalue weighted by atomic mass is 10.2. The number of fused-ring (bicyclic) bond motifs is 1. The molecule has 3 aromatic heterocycles. The lowest BCUT2D eigenvalue weighted by Gasteiger charge is -2.10. The lowest BCUT2D eigenvalue weighted by molar-refractivity contribution is 0.102. The van der Waals surface area contributed by atoms with E-state index in [4.69, 9.17) is 4.74 Å². The van der Waals surface area contributed by atoms with Crippen LogP contribution in [0.3, 0.4) is 0 Å². The maximum Gasteiger partial charge on any atom is 0.263 e. The van der Waals surface area contributed by atoms with Gasteiger partial charge in [-0.05, 0) is 25.5 Å². The van der Waals surface area contributed by atoms with Crippen molar-refractivity contribution in [3.8, 4) is 17.4 Å². The standard InChI is InChI=1S/C16H17N7O2/c1-9-6-7-13-20-21-14(23(9)13)11-4-3-5-12(18-11)19-15(24)10-8-17-22-16(10)25-2/h3-5,8-9H,6-7H2,1-2H3,(H,17,22)(H,18,19,24). The topological polar surface area (TPSA) is 111 Å². The van der Waals surface area contributed by atoms with E-state index in [1.165, 1.54) is 13.3 Å². The predicted molar refractivity (Wildman–Crippen MR) is 89.4 cm³/mol. The first-order valence-electron chi connectivity index (χ1n) is 7.97. The van der Waals surface area contributed by atoms with Gasteiger partial charge in [-0.2, -0.15) is 5.10 Å². The number of nitrogens with one attached hydrogen (secondary N) is 2. The van der Waals surface area contributed by atoms with Gasteiger partial charge in [-0.3, -0.25) is 4.79 Å². The number of rotatable bonds is 4. The van der Waals surface area contributed by atoms with Crippen molar-refractivity contribution in [1.82, 2.24) is 29.9 Å². The summed E-state index contributed by atoms with van der Waals surface area (Å²) in [6.07, 6.45) is 3.38. The molecule has 0 saturated heterocycles. The molecule has 3 aromatic rings. The highest BCUT2D eigenvalue weighted by molar-refractivity contribution is 6.05. The van der Waals surface area contributed by atoms with Crippen LogP contribution in [0.25, 0.3) is 11.5 Å². The Bertz CT molecular complexity index is 930. The van der Waals surface area contributed by atoms with Gasteiger partial charge in [-0.25, -0.2) is 10.1 Å². The largest absolute Gasteiger partial charge is 0.481 e. The van der Waals surface area contributed by atoms with E-state index in [-0.39, 0.29) is 5.91 Å². The minimum Gasteiger partial charge on any atom is -0.481 e. The van der Waals surface area contributed by atoms with Crippen LogP contribution in [0, 0.1) is 0 Å². The zero-order valence-corrected chi connectivity index (χ0v) is 13.9. The summed E-state index contributed by atoms with van der Waals surface area (Å²) in [5, 5.41) is 17.7. The van der Waals surface area contributed by atoms with Gasteiger partial charge >= 0.3 is 0 Å². The molecule has 1 aliphatic rings. The first kappa shape index (κ1) is 15.3. The summed E-state index contributed by atoms with van der Waals surface area (Å²) in [5.74, 6) is 2.07. The number of ether oxygens (including phenoxy) is 1. The van der Waals surface area contributed by atoms with Crippen molar-refractivity contribution in [3.63, 3.8) is 0 Å². The second-order valence-electron chi connectivity index (χ2n) is 5.88. The molecular formula is C16H17N7O2. The van der Waals surface area contributed by atoms with Crippen molar-refractivity contribution in [2.75, 3.05) is 12.4 Å². The molecular weight excluding hydrogens is 322 g/mol. The lowest BCUT2D eigenvalue weighted by Crippen LogP contribution is -2.13. The summed E-state index contributed by atoms with van der Waals surface area (Å²) in [5.41, 5.74) is 0.983. The smallest absolute Gasteiger partial charge is 0.263 e. The highest BCUT2D eigenvalue weighted by Gasteiger charge is 2.25. The van der Waals surface area contributed by atoms with Gasteiger partial charge in [0, 0.05) is 12.5 Å². The van der Waals surface area contributed by atoms with Crippen LogP contribution in [0.15, 0.2) is 24.4 Å². The van der Waals surface area contributed by atoms with E-state index >= 15 is 0 Å². The second-order valence-corrected chi connectivity index (χ2v) is 5.88. The van der Waals surface area contributed by atoms with Gasteiger partial charge in [-0.1, -0.05) is 6.07 Å². The Labute approximate surface area is 143 Å². The molecule has 4 heterocycles. The number of H-pyrrole nitrogens is 1. The van der Waals surface area contributed by atoms with Crippen LogP contribution in [0.1, 0.15) is 35.6 Å². The molecule has 0 radical (unpaired) electrons. The van der Waals surface area contributed by atoms with Gasteiger partial charge in [0.1, 0.15) is 22.9 Å². The van der Waals surface area contributed by atoms with Crippen molar-refractivity contribution in [2.24, 2.45) is 0 Å². The van der Waals surface area contributed by atoms with Crippen LogP contribution in [0.2, 0.25) is 0 Å². The summed E-state index contributed by atoms with van der Waals surface area (Å²) in [6.45, 7) is 2.14. The van der Waals surface area contributed by atoms with Gasteiger partial charge in [0.25, 0.3) is 5.91 Å². The number of anilines is 1. The van der Waals surface area contributed by atoms with E-state index in [0.29, 0.717) is 29.0 Å². The summed E-state index contributed by atoms with van der Waals surface area (Å²) < 4.78 is 7.17. The van der Waals surface area contributed by atoms with Gasteiger partial charge in [0.2, 0.25) is 5.88 Å². The molecule has 4 rings (SSSR count). The molecule has 9 nitrogen and oxygen atoms in total. The number of methoxy groups -OCH3 is 1. The number of carbonyl (C=O) groups excluding carboxylic acids is 1. The molecule has 0 bridgehead atoms. The first-order valence-corrected chi connectivity index (χ1v) is 7.97. The third kappa shape index (κ3) is 2.63. The molecule has 0 aliphatic carbocycles.